The molecule has 2 aromatic heterocycles. The summed E-state index contributed by atoms with van der Waals surface area (Å²) in [7, 11) is 1.91. The number of hydrogen-bond acceptors (Lipinski definition) is 3. The largest absolute Gasteiger partial charge is 0.383 e. The van der Waals surface area contributed by atoms with Gasteiger partial charge in [0.15, 0.2) is 0 Å². The van der Waals surface area contributed by atoms with Gasteiger partial charge in [0.25, 0.3) is 0 Å². The van der Waals surface area contributed by atoms with Crippen LogP contribution in [0.5, 0.6) is 0 Å². The lowest BCUT2D eigenvalue weighted by molar-refractivity contribution is 0.359. The number of hydrogen-bond donors (Lipinski definition) is 1. The van der Waals surface area contributed by atoms with E-state index < -0.39 is 0 Å². The average molecular weight is 289 g/mol. The summed E-state index contributed by atoms with van der Waals surface area (Å²) in [6.07, 6.45) is 1.98. The Kier molecular flexibility index (Phi) is 3.43. The van der Waals surface area contributed by atoms with Gasteiger partial charge in [-0.1, -0.05) is 20.8 Å². The van der Waals surface area contributed by atoms with Gasteiger partial charge in [0.1, 0.15) is 17.3 Å². The van der Waals surface area contributed by atoms with E-state index in [1.807, 2.05) is 20.2 Å². The van der Waals surface area contributed by atoms with Crippen LogP contribution in [0.15, 0.2) is 6.20 Å². The zero-order valence-corrected chi connectivity index (χ0v) is 14.4. The van der Waals surface area contributed by atoms with E-state index >= 15 is 0 Å². The Labute approximate surface area is 127 Å². The predicted octanol–water partition coefficient (Wildman–Crippen LogP) is 3.23. The molecule has 0 atom stereocenters. The molecule has 2 rings (SSSR count). The van der Waals surface area contributed by atoms with Gasteiger partial charge >= 0.3 is 0 Å². The van der Waals surface area contributed by atoms with Crippen molar-refractivity contribution in [3.8, 4) is 11.3 Å². The summed E-state index contributed by atoms with van der Waals surface area (Å²) in [5.41, 5.74) is 9.05. The molecule has 116 valence electrons. The number of nitrogens with zero attached hydrogens (tertiary/aromatic N) is 4. The van der Waals surface area contributed by atoms with Crippen molar-refractivity contribution < 1.29 is 0 Å². The van der Waals surface area contributed by atoms with Crippen LogP contribution < -0.4 is 5.73 Å². The molecule has 0 amide bonds. The number of rotatable bonds is 1. The van der Waals surface area contributed by atoms with Gasteiger partial charge in [-0.2, -0.15) is 5.10 Å². The summed E-state index contributed by atoms with van der Waals surface area (Å²) in [6, 6.07) is 0. The molecule has 5 heteroatoms. The molecule has 0 aliphatic carbocycles. The number of aryl methyl sites for hydroxylation is 2. The van der Waals surface area contributed by atoms with E-state index in [-0.39, 0.29) is 11.0 Å². The minimum absolute atomic E-state index is 0.0736. The molecule has 0 bridgehead atoms. The van der Waals surface area contributed by atoms with Crippen molar-refractivity contribution >= 4 is 5.82 Å². The Balaban J connectivity index is 2.77. The van der Waals surface area contributed by atoms with Crippen molar-refractivity contribution in [3.05, 3.63) is 17.7 Å². The van der Waals surface area contributed by atoms with Crippen LogP contribution in [0.2, 0.25) is 0 Å². The minimum atomic E-state index is -0.117. The van der Waals surface area contributed by atoms with Gasteiger partial charge in [0.2, 0.25) is 0 Å². The van der Waals surface area contributed by atoms with Crippen LogP contribution in [0, 0.1) is 6.92 Å². The van der Waals surface area contributed by atoms with E-state index in [0.717, 1.165) is 22.8 Å². The van der Waals surface area contributed by atoms with Crippen molar-refractivity contribution in [2.75, 3.05) is 5.73 Å². The second-order valence-electron chi connectivity index (χ2n) is 7.73. The Hall–Kier alpha value is -1.78. The second kappa shape index (κ2) is 4.61. The Morgan fingerprint density at radius 3 is 2.00 bits per heavy atom. The van der Waals surface area contributed by atoms with Crippen LogP contribution in [0.4, 0.5) is 5.82 Å². The van der Waals surface area contributed by atoms with Crippen LogP contribution in [0.3, 0.4) is 0 Å². The van der Waals surface area contributed by atoms with Crippen LogP contribution in [-0.2, 0) is 18.0 Å². The third kappa shape index (κ3) is 2.69. The molecule has 0 unspecified atom stereocenters. The van der Waals surface area contributed by atoms with E-state index in [2.05, 4.69) is 51.2 Å². The van der Waals surface area contributed by atoms with E-state index in [4.69, 9.17) is 10.7 Å². The zero-order chi connectivity index (χ0) is 16.2. The summed E-state index contributed by atoms with van der Waals surface area (Å²) in [5.74, 6) is 1.72. The molecule has 5 nitrogen and oxygen atoms in total. The zero-order valence-electron chi connectivity index (χ0n) is 14.4. The first-order valence-corrected chi connectivity index (χ1v) is 7.32. The fourth-order valence-corrected chi connectivity index (χ4v) is 2.65. The van der Waals surface area contributed by atoms with Gasteiger partial charge in [-0.05, 0) is 27.7 Å². The highest BCUT2D eigenvalue weighted by atomic mass is 15.3. The maximum Gasteiger partial charge on any atom is 0.132 e. The van der Waals surface area contributed by atoms with E-state index in [1.54, 1.807) is 4.68 Å². The number of aromatic nitrogens is 4. The van der Waals surface area contributed by atoms with E-state index in [0.29, 0.717) is 5.82 Å². The first-order chi connectivity index (χ1) is 9.43. The summed E-state index contributed by atoms with van der Waals surface area (Å²) in [4.78, 5) is 4.88. The quantitative estimate of drug-likeness (QED) is 0.876. The summed E-state index contributed by atoms with van der Waals surface area (Å²) >= 11 is 0. The van der Waals surface area contributed by atoms with Crippen molar-refractivity contribution in [2.24, 2.45) is 7.05 Å². The minimum Gasteiger partial charge on any atom is -0.383 e. The molecule has 0 radical (unpaired) electrons. The summed E-state index contributed by atoms with van der Waals surface area (Å²) in [5, 5.41) is 4.40. The van der Waals surface area contributed by atoms with E-state index in [9.17, 15) is 0 Å². The van der Waals surface area contributed by atoms with Crippen LogP contribution in [0.1, 0.15) is 53.1 Å². The first kappa shape index (κ1) is 15.6. The van der Waals surface area contributed by atoms with Gasteiger partial charge in [-0.3, -0.25) is 4.68 Å². The standard InChI is InChI=1S/C16H27N5/c1-10-11(9-20(8)19-10)12-13(17)21(16(5,6)7)14(18-12)15(2,3)4/h9H,17H2,1-8H3. The number of anilines is 1. The molecule has 0 saturated heterocycles. The lowest BCUT2D eigenvalue weighted by atomic mass is 9.94. The monoisotopic (exact) mass is 289 g/mol. The van der Waals surface area contributed by atoms with Gasteiger partial charge in [0.05, 0.1) is 5.69 Å². The highest BCUT2D eigenvalue weighted by molar-refractivity contribution is 5.72. The maximum absolute atomic E-state index is 6.46. The molecule has 0 saturated carbocycles. The smallest absolute Gasteiger partial charge is 0.132 e. The fourth-order valence-electron chi connectivity index (χ4n) is 2.65. The molecule has 2 heterocycles. The lowest BCUT2D eigenvalue weighted by Crippen LogP contribution is -2.30. The first-order valence-electron chi connectivity index (χ1n) is 7.32. The Morgan fingerprint density at radius 1 is 1.10 bits per heavy atom. The third-order valence-electron chi connectivity index (χ3n) is 3.52. The van der Waals surface area contributed by atoms with Gasteiger partial charge < -0.3 is 10.3 Å². The summed E-state index contributed by atoms with van der Waals surface area (Å²) in [6.45, 7) is 14.9. The van der Waals surface area contributed by atoms with Crippen LogP contribution in [-0.4, -0.2) is 19.3 Å². The Bertz CT molecular complexity index is 662. The second-order valence-corrected chi connectivity index (χ2v) is 7.73. The molecule has 0 fully saturated rings. The number of nitrogens with two attached hydrogens (primary N) is 1. The molecule has 2 N–H and O–H groups in total. The molecule has 21 heavy (non-hydrogen) atoms. The van der Waals surface area contributed by atoms with Crippen molar-refractivity contribution in [2.45, 2.75) is 59.4 Å². The highest BCUT2D eigenvalue weighted by Gasteiger charge is 2.31. The highest BCUT2D eigenvalue weighted by Crippen LogP contribution is 2.36. The van der Waals surface area contributed by atoms with Crippen molar-refractivity contribution in [1.29, 1.82) is 0 Å². The predicted molar refractivity (Wildman–Crippen MR) is 87.3 cm³/mol. The molecular weight excluding hydrogens is 262 g/mol. The SMILES string of the molecule is Cc1nn(C)cc1-c1nc(C(C)(C)C)n(C(C)(C)C)c1N. The fraction of sp³-hybridized carbons (Fsp3) is 0.625. The van der Waals surface area contributed by atoms with Crippen LogP contribution >= 0.6 is 0 Å². The van der Waals surface area contributed by atoms with Crippen molar-refractivity contribution in [3.63, 3.8) is 0 Å². The van der Waals surface area contributed by atoms with Crippen LogP contribution in [0.25, 0.3) is 11.3 Å². The third-order valence-corrected chi connectivity index (χ3v) is 3.52. The average Bonchev–Trinajstić information content (AvgIpc) is 2.77. The molecule has 2 aromatic rings. The molecular formula is C16H27N5. The number of nitrogen functional groups attached to an aromatic ring is 1. The number of imidazole rings is 1. The molecule has 0 aliphatic heterocycles. The maximum atomic E-state index is 6.46. The Morgan fingerprint density at radius 2 is 1.67 bits per heavy atom. The normalized spacial score (nSPS) is 13.0. The lowest BCUT2D eigenvalue weighted by Gasteiger charge is -2.29. The topological polar surface area (TPSA) is 61.7 Å². The molecule has 0 aliphatic rings. The van der Waals surface area contributed by atoms with Gasteiger partial charge in [0, 0.05) is 29.8 Å². The van der Waals surface area contributed by atoms with Crippen molar-refractivity contribution in [1.82, 2.24) is 19.3 Å². The van der Waals surface area contributed by atoms with E-state index in [1.165, 1.54) is 0 Å². The van der Waals surface area contributed by atoms with Gasteiger partial charge in [-0.15, -0.1) is 0 Å². The molecule has 0 spiro atoms. The van der Waals surface area contributed by atoms with Gasteiger partial charge in [-0.25, -0.2) is 4.98 Å². The molecule has 0 aromatic carbocycles. The summed E-state index contributed by atoms with van der Waals surface area (Å²) < 4.78 is 3.95.